The monoisotopic (exact) mass is 292 g/mol. The lowest BCUT2D eigenvalue weighted by Crippen LogP contribution is -3.20. The first-order valence-corrected chi connectivity index (χ1v) is 8.68. The molecule has 0 saturated carbocycles. The van der Waals surface area contributed by atoms with E-state index in [0.29, 0.717) is 5.92 Å². The average Bonchev–Trinajstić information content (AvgIpc) is 2.55. The number of ether oxygens (including phenoxy) is 1. The lowest BCUT2D eigenvalue weighted by atomic mass is 9.98. The number of hydrogen-bond donors (Lipinski definition) is 2. The van der Waals surface area contributed by atoms with Crippen molar-refractivity contribution in [3.05, 3.63) is 29.8 Å². The van der Waals surface area contributed by atoms with E-state index in [-0.39, 0.29) is 0 Å². The summed E-state index contributed by atoms with van der Waals surface area (Å²) < 4.78 is 6.03. The zero-order chi connectivity index (χ0) is 14.9. The minimum Gasteiger partial charge on any atom is -0.493 e. The van der Waals surface area contributed by atoms with Gasteiger partial charge in [-0.3, -0.25) is 0 Å². The van der Waals surface area contributed by atoms with Gasteiger partial charge in [0.25, 0.3) is 0 Å². The van der Waals surface area contributed by atoms with Crippen LogP contribution in [-0.4, -0.2) is 39.3 Å². The Bertz CT molecular complexity index is 402. The molecule has 0 bridgehead atoms. The first-order chi connectivity index (χ1) is 10.3. The van der Waals surface area contributed by atoms with E-state index in [1.165, 1.54) is 51.1 Å². The van der Waals surface area contributed by atoms with Crippen molar-refractivity contribution in [3.63, 3.8) is 0 Å². The highest BCUT2D eigenvalue weighted by Crippen LogP contribution is 2.28. The van der Waals surface area contributed by atoms with E-state index in [0.717, 1.165) is 18.8 Å². The maximum atomic E-state index is 6.03. The predicted molar refractivity (Wildman–Crippen MR) is 87.1 cm³/mol. The third kappa shape index (κ3) is 5.33. The fraction of sp³-hybridized carbons (Fsp3) is 0.667. The number of nitrogens with one attached hydrogen (secondary N) is 1. The summed E-state index contributed by atoms with van der Waals surface area (Å²) in [5.41, 5.74) is 1.36. The third-order valence-electron chi connectivity index (χ3n) is 4.65. The molecule has 1 aliphatic rings. The molecule has 0 aromatic heterocycles. The SMILES string of the molecule is CC[C@@H](C)c1ccccc1OCCCC[NH+]1CC[NH2+]CC1. The molecule has 0 spiro atoms. The second-order valence-corrected chi connectivity index (χ2v) is 6.27. The second kappa shape index (κ2) is 9.06. The van der Waals surface area contributed by atoms with Crippen molar-refractivity contribution < 1.29 is 15.0 Å². The molecule has 3 heteroatoms. The molecule has 1 heterocycles. The quantitative estimate of drug-likeness (QED) is 0.683. The van der Waals surface area contributed by atoms with E-state index in [1.54, 1.807) is 4.90 Å². The number of para-hydroxylation sites is 1. The maximum absolute atomic E-state index is 6.03. The Balaban J connectivity index is 1.68. The van der Waals surface area contributed by atoms with E-state index >= 15 is 0 Å². The van der Waals surface area contributed by atoms with Crippen LogP contribution in [0.25, 0.3) is 0 Å². The lowest BCUT2D eigenvalue weighted by Gasteiger charge is -2.22. The van der Waals surface area contributed by atoms with Crippen LogP contribution in [0.3, 0.4) is 0 Å². The average molecular weight is 292 g/mol. The number of unbranched alkanes of at least 4 members (excludes halogenated alkanes) is 1. The number of quaternary nitrogens is 2. The molecule has 0 unspecified atom stereocenters. The summed E-state index contributed by atoms with van der Waals surface area (Å²) >= 11 is 0. The highest BCUT2D eigenvalue weighted by Gasteiger charge is 2.14. The minimum atomic E-state index is 0.579. The normalized spacial score (nSPS) is 17.6. The first kappa shape index (κ1) is 16.3. The fourth-order valence-corrected chi connectivity index (χ4v) is 3.03. The summed E-state index contributed by atoms with van der Waals surface area (Å²) in [6.45, 7) is 11.9. The van der Waals surface area contributed by atoms with Gasteiger partial charge in [0.2, 0.25) is 0 Å². The largest absolute Gasteiger partial charge is 0.493 e. The zero-order valence-corrected chi connectivity index (χ0v) is 13.7. The molecule has 1 aliphatic heterocycles. The summed E-state index contributed by atoms with van der Waals surface area (Å²) in [5.74, 6) is 1.67. The van der Waals surface area contributed by atoms with E-state index < -0.39 is 0 Å². The van der Waals surface area contributed by atoms with E-state index in [2.05, 4.69) is 43.4 Å². The van der Waals surface area contributed by atoms with E-state index in [9.17, 15) is 0 Å². The molecule has 1 saturated heterocycles. The third-order valence-corrected chi connectivity index (χ3v) is 4.65. The van der Waals surface area contributed by atoms with Gasteiger partial charge in [0, 0.05) is 0 Å². The van der Waals surface area contributed by atoms with Crippen LogP contribution in [0.2, 0.25) is 0 Å². The number of nitrogens with two attached hydrogens (primary N) is 1. The van der Waals surface area contributed by atoms with Gasteiger partial charge < -0.3 is 15.0 Å². The summed E-state index contributed by atoms with van der Waals surface area (Å²) in [7, 11) is 0. The van der Waals surface area contributed by atoms with Crippen molar-refractivity contribution in [2.75, 3.05) is 39.3 Å². The Kier molecular flexibility index (Phi) is 7.04. The number of hydrogen-bond acceptors (Lipinski definition) is 1. The van der Waals surface area contributed by atoms with Crippen molar-refractivity contribution in [2.45, 2.75) is 39.0 Å². The van der Waals surface area contributed by atoms with Gasteiger partial charge in [-0.2, -0.15) is 0 Å². The Morgan fingerprint density at radius 1 is 1.19 bits per heavy atom. The molecule has 21 heavy (non-hydrogen) atoms. The highest BCUT2D eigenvalue weighted by atomic mass is 16.5. The van der Waals surface area contributed by atoms with Crippen LogP contribution >= 0.6 is 0 Å². The van der Waals surface area contributed by atoms with Gasteiger partial charge >= 0.3 is 0 Å². The number of piperazine rings is 1. The molecular formula is C18H32N2O+2. The molecule has 0 amide bonds. The molecule has 1 aromatic carbocycles. The van der Waals surface area contributed by atoms with Crippen LogP contribution in [0.5, 0.6) is 5.75 Å². The standard InChI is InChI=1S/C18H30N2O/c1-3-16(2)17-8-4-5-9-18(17)21-15-7-6-12-20-13-10-19-11-14-20/h4-5,8-9,16,19H,3,6-7,10-15H2,1-2H3/p+2/t16-/m1/s1. The Labute approximate surface area is 129 Å². The van der Waals surface area contributed by atoms with Crippen LogP contribution in [0.1, 0.15) is 44.6 Å². The molecule has 118 valence electrons. The predicted octanol–water partition coefficient (Wildman–Crippen LogP) is 0.821. The smallest absolute Gasteiger partial charge is 0.127 e. The van der Waals surface area contributed by atoms with Gasteiger partial charge in [0.05, 0.1) is 13.2 Å². The molecule has 3 nitrogen and oxygen atoms in total. The molecule has 1 fully saturated rings. The second-order valence-electron chi connectivity index (χ2n) is 6.27. The summed E-state index contributed by atoms with van der Waals surface area (Å²) in [5, 5.41) is 2.43. The maximum Gasteiger partial charge on any atom is 0.127 e. The molecule has 2 rings (SSSR count). The molecule has 1 aromatic rings. The first-order valence-electron chi connectivity index (χ1n) is 8.68. The van der Waals surface area contributed by atoms with Crippen molar-refractivity contribution in [3.8, 4) is 5.75 Å². The Morgan fingerprint density at radius 2 is 1.95 bits per heavy atom. The topological polar surface area (TPSA) is 30.3 Å². The van der Waals surface area contributed by atoms with Crippen molar-refractivity contribution in [1.29, 1.82) is 0 Å². The van der Waals surface area contributed by atoms with Crippen molar-refractivity contribution in [1.82, 2.24) is 0 Å². The zero-order valence-electron chi connectivity index (χ0n) is 13.7. The molecule has 1 atom stereocenters. The summed E-state index contributed by atoms with van der Waals surface area (Å²) in [4.78, 5) is 1.78. The van der Waals surface area contributed by atoms with Gasteiger partial charge in [0.1, 0.15) is 31.9 Å². The lowest BCUT2D eigenvalue weighted by molar-refractivity contribution is -0.946. The molecule has 0 radical (unpaired) electrons. The highest BCUT2D eigenvalue weighted by molar-refractivity contribution is 5.35. The van der Waals surface area contributed by atoms with Crippen LogP contribution in [-0.2, 0) is 0 Å². The van der Waals surface area contributed by atoms with E-state index in [1.807, 2.05) is 0 Å². The molecular weight excluding hydrogens is 260 g/mol. The number of benzene rings is 1. The van der Waals surface area contributed by atoms with Crippen LogP contribution < -0.4 is 15.0 Å². The Morgan fingerprint density at radius 3 is 2.71 bits per heavy atom. The Hall–Kier alpha value is -1.06. The molecule has 0 aliphatic carbocycles. The van der Waals surface area contributed by atoms with Gasteiger partial charge in [-0.05, 0) is 36.8 Å². The van der Waals surface area contributed by atoms with Gasteiger partial charge in [-0.15, -0.1) is 0 Å². The van der Waals surface area contributed by atoms with Crippen LogP contribution in [0.4, 0.5) is 0 Å². The van der Waals surface area contributed by atoms with Crippen molar-refractivity contribution >= 4 is 0 Å². The van der Waals surface area contributed by atoms with Gasteiger partial charge in [-0.1, -0.05) is 32.0 Å². The summed E-state index contributed by atoms with van der Waals surface area (Å²) in [6, 6.07) is 8.52. The van der Waals surface area contributed by atoms with Gasteiger partial charge in [0.15, 0.2) is 0 Å². The van der Waals surface area contributed by atoms with Crippen LogP contribution in [0.15, 0.2) is 24.3 Å². The van der Waals surface area contributed by atoms with Gasteiger partial charge in [-0.25, -0.2) is 0 Å². The van der Waals surface area contributed by atoms with Crippen LogP contribution in [0, 0.1) is 0 Å². The summed E-state index contributed by atoms with van der Waals surface area (Å²) in [6.07, 6.45) is 3.61. The number of rotatable bonds is 8. The van der Waals surface area contributed by atoms with Crippen molar-refractivity contribution in [2.24, 2.45) is 0 Å². The minimum absolute atomic E-state index is 0.579. The fourth-order valence-electron chi connectivity index (χ4n) is 3.03. The molecule has 3 N–H and O–H groups in total. The van der Waals surface area contributed by atoms with E-state index in [4.69, 9.17) is 4.74 Å².